The average Bonchev–Trinajstić information content (AvgIpc) is 2.67. The van der Waals surface area contributed by atoms with Crippen LogP contribution in [0, 0.1) is 17.1 Å². The lowest BCUT2D eigenvalue weighted by molar-refractivity contribution is -0.120. The molecule has 0 radical (unpaired) electrons. The number of carbonyl (C=O) groups excluding carboxylic acids is 1. The van der Waals surface area contributed by atoms with E-state index in [-0.39, 0.29) is 17.9 Å². The number of anilines is 2. The summed E-state index contributed by atoms with van der Waals surface area (Å²) in [6.07, 6.45) is 4.33. The summed E-state index contributed by atoms with van der Waals surface area (Å²) in [5, 5.41) is 9.05. The number of amides is 1. The Kier molecular flexibility index (Phi) is 4.03. The summed E-state index contributed by atoms with van der Waals surface area (Å²) in [5.74, 6) is 0.0612. The Labute approximate surface area is 150 Å². The standard InChI is InChI=1S/C19H18FN5O/c20-14-12-22-18(23-13-14)24-8-5-19(6-9-24)11-17(26)25(10-7-21)16-4-2-1-3-15(16)19/h1-4,12-13H,5-6,8-11H2. The number of carbonyl (C=O) groups is 1. The molecule has 1 fully saturated rings. The van der Waals surface area contributed by atoms with Gasteiger partial charge in [-0.25, -0.2) is 14.4 Å². The van der Waals surface area contributed by atoms with E-state index in [2.05, 4.69) is 22.1 Å². The van der Waals surface area contributed by atoms with E-state index in [4.69, 9.17) is 5.26 Å². The van der Waals surface area contributed by atoms with E-state index in [9.17, 15) is 9.18 Å². The van der Waals surface area contributed by atoms with Crippen LogP contribution in [0.5, 0.6) is 0 Å². The van der Waals surface area contributed by atoms with Crippen LogP contribution >= 0.6 is 0 Å². The average molecular weight is 351 g/mol. The topological polar surface area (TPSA) is 73.1 Å². The number of benzene rings is 1. The monoisotopic (exact) mass is 351 g/mol. The largest absolute Gasteiger partial charge is 0.341 e. The van der Waals surface area contributed by atoms with Crippen molar-refractivity contribution >= 4 is 17.5 Å². The Hall–Kier alpha value is -3.01. The lowest BCUT2D eigenvalue weighted by atomic mass is 9.67. The normalized spacial score (nSPS) is 18.5. The Morgan fingerprint density at radius 3 is 2.58 bits per heavy atom. The molecule has 0 unspecified atom stereocenters. The number of halogens is 1. The molecule has 7 heteroatoms. The van der Waals surface area contributed by atoms with Crippen molar-refractivity contribution < 1.29 is 9.18 Å². The quantitative estimate of drug-likeness (QED) is 0.777. The van der Waals surface area contributed by atoms with Gasteiger partial charge in [-0.15, -0.1) is 0 Å². The van der Waals surface area contributed by atoms with Crippen LogP contribution in [0.1, 0.15) is 24.8 Å². The second-order valence-electron chi connectivity index (χ2n) is 6.80. The number of piperidine rings is 1. The summed E-state index contributed by atoms with van der Waals surface area (Å²) < 4.78 is 13.0. The maximum Gasteiger partial charge on any atom is 0.228 e. The first kappa shape index (κ1) is 16.5. The first-order chi connectivity index (χ1) is 12.6. The first-order valence-electron chi connectivity index (χ1n) is 8.62. The highest BCUT2D eigenvalue weighted by Crippen LogP contribution is 2.47. The predicted octanol–water partition coefficient (Wildman–Crippen LogP) is 2.41. The second kappa shape index (κ2) is 6.37. The minimum atomic E-state index is -0.452. The lowest BCUT2D eigenvalue weighted by Crippen LogP contribution is -2.50. The third-order valence-electron chi connectivity index (χ3n) is 5.40. The minimum Gasteiger partial charge on any atom is -0.341 e. The third kappa shape index (κ3) is 2.68. The van der Waals surface area contributed by atoms with Gasteiger partial charge < -0.3 is 4.90 Å². The Bertz CT molecular complexity index is 868. The van der Waals surface area contributed by atoms with Gasteiger partial charge in [0, 0.05) is 30.6 Å². The molecule has 3 heterocycles. The van der Waals surface area contributed by atoms with Crippen molar-refractivity contribution in [3.63, 3.8) is 0 Å². The van der Waals surface area contributed by atoms with Crippen LogP contribution in [0.3, 0.4) is 0 Å². The number of fused-ring (bicyclic) bond motifs is 2. The highest BCUT2D eigenvalue weighted by atomic mass is 19.1. The van der Waals surface area contributed by atoms with Crippen LogP contribution in [0.15, 0.2) is 36.7 Å². The molecule has 0 aliphatic carbocycles. The number of hydrogen-bond acceptors (Lipinski definition) is 5. The van der Waals surface area contributed by atoms with Crippen molar-refractivity contribution in [3.05, 3.63) is 48.0 Å². The van der Waals surface area contributed by atoms with E-state index in [0.29, 0.717) is 25.5 Å². The number of para-hydroxylation sites is 1. The molecule has 2 aromatic rings. The number of aromatic nitrogens is 2. The lowest BCUT2D eigenvalue weighted by Gasteiger charge is -2.47. The maximum absolute atomic E-state index is 13.0. The number of rotatable bonds is 2. The summed E-state index contributed by atoms with van der Waals surface area (Å²) in [6.45, 7) is 1.47. The maximum atomic E-state index is 13.0. The van der Waals surface area contributed by atoms with Gasteiger partial charge in [0.15, 0.2) is 5.82 Å². The van der Waals surface area contributed by atoms with Gasteiger partial charge >= 0.3 is 0 Å². The molecule has 132 valence electrons. The molecule has 26 heavy (non-hydrogen) atoms. The predicted molar refractivity (Wildman–Crippen MR) is 94.1 cm³/mol. The highest BCUT2D eigenvalue weighted by molar-refractivity contribution is 5.98. The number of nitriles is 1. The molecule has 0 saturated carbocycles. The molecule has 2 aliphatic rings. The number of hydrogen-bond donors (Lipinski definition) is 0. The van der Waals surface area contributed by atoms with Crippen molar-refractivity contribution in [1.29, 1.82) is 5.26 Å². The molecule has 1 aromatic heterocycles. The molecule has 6 nitrogen and oxygen atoms in total. The molecule has 1 saturated heterocycles. The molecule has 0 N–H and O–H groups in total. The Balaban J connectivity index is 1.62. The first-order valence-corrected chi connectivity index (χ1v) is 8.62. The Morgan fingerprint density at radius 2 is 1.88 bits per heavy atom. The summed E-state index contributed by atoms with van der Waals surface area (Å²) >= 11 is 0. The van der Waals surface area contributed by atoms with Crippen LogP contribution in [0.4, 0.5) is 16.0 Å². The summed E-state index contributed by atoms with van der Waals surface area (Å²) in [6, 6.07) is 9.95. The summed E-state index contributed by atoms with van der Waals surface area (Å²) in [4.78, 5) is 24.4. The summed E-state index contributed by atoms with van der Waals surface area (Å²) in [5.41, 5.74) is 1.75. The van der Waals surface area contributed by atoms with Crippen LogP contribution in [0.25, 0.3) is 0 Å². The molecule has 0 atom stereocenters. The second-order valence-corrected chi connectivity index (χ2v) is 6.80. The van der Waals surface area contributed by atoms with Gasteiger partial charge in [0.05, 0.1) is 18.5 Å². The fourth-order valence-corrected chi connectivity index (χ4v) is 4.07. The molecule has 1 spiro atoms. The summed E-state index contributed by atoms with van der Waals surface area (Å²) in [7, 11) is 0. The number of nitrogens with zero attached hydrogens (tertiary/aromatic N) is 5. The molecular formula is C19H18FN5O. The van der Waals surface area contributed by atoms with E-state index in [1.54, 1.807) is 4.90 Å². The zero-order chi connectivity index (χ0) is 18.1. The van der Waals surface area contributed by atoms with Crippen LogP contribution in [-0.2, 0) is 10.2 Å². The highest BCUT2D eigenvalue weighted by Gasteiger charge is 2.45. The van der Waals surface area contributed by atoms with Gasteiger partial charge in [-0.3, -0.25) is 9.69 Å². The zero-order valence-electron chi connectivity index (χ0n) is 14.2. The van der Waals surface area contributed by atoms with Crippen LogP contribution in [0.2, 0.25) is 0 Å². The van der Waals surface area contributed by atoms with Gasteiger partial charge in [0.1, 0.15) is 6.54 Å². The van der Waals surface area contributed by atoms with Crippen molar-refractivity contribution in [3.8, 4) is 6.07 Å². The van der Waals surface area contributed by atoms with E-state index in [1.165, 1.54) is 12.4 Å². The van der Waals surface area contributed by atoms with Gasteiger partial charge in [0.2, 0.25) is 11.9 Å². The van der Waals surface area contributed by atoms with Crippen molar-refractivity contribution in [2.45, 2.75) is 24.7 Å². The van der Waals surface area contributed by atoms with Crippen molar-refractivity contribution in [1.82, 2.24) is 9.97 Å². The van der Waals surface area contributed by atoms with Crippen molar-refractivity contribution in [2.75, 3.05) is 29.4 Å². The molecule has 1 amide bonds. The van der Waals surface area contributed by atoms with Crippen molar-refractivity contribution in [2.24, 2.45) is 0 Å². The molecule has 0 bridgehead atoms. The van der Waals surface area contributed by atoms with E-state index >= 15 is 0 Å². The molecular weight excluding hydrogens is 333 g/mol. The molecule has 4 rings (SSSR count). The van der Waals surface area contributed by atoms with Gasteiger partial charge in [-0.05, 0) is 24.5 Å². The SMILES string of the molecule is N#CCN1C(=O)CC2(CCN(c3ncc(F)cn3)CC2)c2ccccc21. The van der Waals surface area contributed by atoms with Crippen LogP contribution in [-0.4, -0.2) is 35.5 Å². The van der Waals surface area contributed by atoms with E-state index in [0.717, 1.165) is 24.1 Å². The zero-order valence-corrected chi connectivity index (χ0v) is 14.2. The van der Waals surface area contributed by atoms with Gasteiger partial charge in [-0.2, -0.15) is 5.26 Å². The van der Waals surface area contributed by atoms with E-state index < -0.39 is 5.82 Å². The fraction of sp³-hybridized carbons (Fsp3) is 0.368. The minimum absolute atomic E-state index is 0.00303. The molecule has 1 aromatic carbocycles. The van der Waals surface area contributed by atoms with Gasteiger partial charge in [-0.1, -0.05) is 18.2 Å². The Morgan fingerprint density at radius 1 is 1.19 bits per heavy atom. The third-order valence-corrected chi connectivity index (χ3v) is 5.40. The van der Waals surface area contributed by atoms with Crippen LogP contribution < -0.4 is 9.80 Å². The smallest absolute Gasteiger partial charge is 0.228 e. The van der Waals surface area contributed by atoms with E-state index in [1.807, 2.05) is 23.1 Å². The molecule has 2 aliphatic heterocycles. The van der Waals surface area contributed by atoms with Gasteiger partial charge in [0.25, 0.3) is 0 Å². The fourth-order valence-electron chi connectivity index (χ4n) is 4.07.